The zero-order chi connectivity index (χ0) is 23.1. The molecule has 31 heavy (non-hydrogen) atoms. The van der Waals surface area contributed by atoms with Gasteiger partial charge in [0.2, 0.25) is 0 Å². The van der Waals surface area contributed by atoms with E-state index in [-0.39, 0.29) is 35.8 Å². The van der Waals surface area contributed by atoms with Crippen LogP contribution < -0.4 is 14.8 Å². The van der Waals surface area contributed by atoms with Crippen LogP contribution in [0.2, 0.25) is 0 Å². The summed E-state index contributed by atoms with van der Waals surface area (Å²) in [4.78, 5) is 35.8. The van der Waals surface area contributed by atoms with E-state index < -0.39 is 22.5 Å². The molecule has 1 N–H and O–H groups in total. The zero-order valence-corrected chi connectivity index (χ0v) is 17.9. The summed E-state index contributed by atoms with van der Waals surface area (Å²) in [5.41, 5.74) is 1.35. The first-order chi connectivity index (χ1) is 14.7. The Morgan fingerprint density at radius 3 is 2.29 bits per heavy atom. The third-order valence-corrected chi connectivity index (χ3v) is 4.60. The third-order valence-electron chi connectivity index (χ3n) is 4.60. The summed E-state index contributed by atoms with van der Waals surface area (Å²) in [6.45, 7) is 3.95. The minimum absolute atomic E-state index is 0.113. The van der Waals surface area contributed by atoms with Crippen molar-refractivity contribution in [3.05, 3.63) is 56.6 Å². The highest BCUT2D eigenvalue weighted by molar-refractivity contribution is 6.08. The average molecular weight is 432 g/mol. The Hall–Kier alpha value is -3.66. The maximum absolute atomic E-state index is 12.9. The lowest BCUT2D eigenvalue weighted by molar-refractivity contribution is -0.385. The molecule has 0 spiro atoms. The molecule has 0 heterocycles. The van der Waals surface area contributed by atoms with Crippen molar-refractivity contribution in [2.75, 3.05) is 39.9 Å². The maximum atomic E-state index is 12.9. The van der Waals surface area contributed by atoms with Gasteiger partial charge in [0.1, 0.15) is 12.2 Å². The van der Waals surface area contributed by atoms with Crippen molar-refractivity contribution in [1.82, 2.24) is 0 Å². The van der Waals surface area contributed by atoms with Gasteiger partial charge >= 0.3 is 5.97 Å². The first-order valence-electron chi connectivity index (χ1n) is 9.22. The number of aryl methyl sites for hydroxylation is 1. The van der Waals surface area contributed by atoms with E-state index in [1.165, 1.54) is 33.5 Å². The predicted octanol–water partition coefficient (Wildman–Crippen LogP) is 3.28. The Balaban J connectivity index is 2.44. The molecule has 0 aliphatic carbocycles. The molecule has 10 nitrogen and oxygen atoms in total. The van der Waals surface area contributed by atoms with Crippen molar-refractivity contribution in [2.45, 2.75) is 13.8 Å². The lowest BCUT2D eigenvalue weighted by Crippen LogP contribution is -2.16. The Labute approximate surface area is 179 Å². The highest BCUT2D eigenvalue weighted by Gasteiger charge is 2.25. The average Bonchev–Trinajstić information content (AvgIpc) is 2.75. The first-order valence-corrected chi connectivity index (χ1v) is 9.22. The van der Waals surface area contributed by atoms with Crippen LogP contribution in [0.25, 0.3) is 0 Å². The lowest BCUT2D eigenvalue weighted by Gasteiger charge is -2.14. The molecule has 10 heteroatoms. The van der Waals surface area contributed by atoms with Crippen LogP contribution in [0.3, 0.4) is 0 Å². The van der Waals surface area contributed by atoms with E-state index in [0.717, 1.165) is 11.6 Å². The fraction of sp³-hybridized carbons (Fsp3) is 0.333. The summed E-state index contributed by atoms with van der Waals surface area (Å²) >= 11 is 0. The normalized spacial score (nSPS) is 10.4. The van der Waals surface area contributed by atoms with Crippen molar-refractivity contribution in [3.63, 3.8) is 0 Å². The molecule has 166 valence electrons. The highest BCUT2D eigenvalue weighted by atomic mass is 16.6. The van der Waals surface area contributed by atoms with Gasteiger partial charge in [0, 0.05) is 18.9 Å². The second-order valence-corrected chi connectivity index (χ2v) is 6.53. The van der Waals surface area contributed by atoms with Gasteiger partial charge in [-0.15, -0.1) is 0 Å². The number of carbonyl (C=O) groups is 2. The van der Waals surface area contributed by atoms with Crippen LogP contribution in [-0.4, -0.2) is 51.3 Å². The molecule has 2 rings (SSSR count). The topological polar surface area (TPSA) is 126 Å². The smallest absolute Gasteiger partial charge is 0.338 e. The van der Waals surface area contributed by atoms with E-state index in [2.05, 4.69) is 5.32 Å². The van der Waals surface area contributed by atoms with Crippen LogP contribution >= 0.6 is 0 Å². The van der Waals surface area contributed by atoms with E-state index >= 15 is 0 Å². The monoisotopic (exact) mass is 432 g/mol. The number of hydrogen-bond acceptors (Lipinski definition) is 8. The number of rotatable bonds is 9. The molecule has 0 saturated carbocycles. The molecule has 0 bridgehead atoms. The number of nitrogens with zero attached hydrogens (tertiary/aromatic N) is 1. The molecule has 0 radical (unpaired) electrons. The molecule has 0 fully saturated rings. The van der Waals surface area contributed by atoms with Gasteiger partial charge < -0.3 is 24.3 Å². The van der Waals surface area contributed by atoms with Gasteiger partial charge in [-0.3, -0.25) is 14.9 Å². The van der Waals surface area contributed by atoms with E-state index in [1.807, 2.05) is 0 Å². The SMILES string of the molecule is COCCOc1cc([N+](=O)[O-])c(C(=O)Nc2cc(C)c(C)c(C(=O)OC)c2)cc1OC. The second-order valence-electron chi connectivity index (χ2n) is 6.53. The summed E-state index contributed by atoms with van der Waals surface area (Å²) in [5, 5.41) is 14.2. The van der Waals surface area contributed by atoms with Gasteiger partial charge in [0.15, 0.2) is 11.5 Å². The van der Waals surface area contributed by atoms with Gasteiger partial charge in [-0.2, -0.15) is 0 Å². The highest BCUT2D eigenvalue weighted by Crippen LogP contribution is 2.35. The molecule has 0 unspecified atom stereocenters. The minimum Gasteiger partial charge on any atom is -0.493 e. The number of nitro groups is 1. The predicted molar refractivity (Wildman–Crippen MR) is 112 cm³/mol. The molecule has 0 aliphatic rings. The van der Waals surface area contributed by atoms with Crippen LogP contribution in [0.1, 0.15) is 31.8 Å². The molecule has 0 atom stereocenters. The molecular formula is C21H24N2O8. The molecular weight excluding hydrogens is 408 g/mol. The largest absolute Gasteiger partial charge is 0.493 e. The number of methoxy groups -OCH3 is 3. The third kappa shape index (κ3) is 5.48. The van der Waals surface area contributed by atoms with Gasteiger partial charge in [-0.05, 0) is 37.1 Å². The molecule has 0 saturated heterocycles. The maximum Gasteiger partial charge on any atom is 0.338 e. The Kier molecular flexibility index (Phi) is 7.92. The van der Waals surface area contributed by atoms with Crippen molar-refractivity contribution < 1.29 is 33.5 Å². The van der Waals surface area contributed by atoms with Crippen molar-refractivity contribution in [1.29, 1.82) is 0 Å². The first kappa shape index (κ1) is 23.6. The second kappa shape index (κ2) is 10.4. The van der Waals surface area contributed by atoms with E-state index in [9.17, 15) is 19.7 Å². The van der Waals surface area contributed by atoms with Gasteiger partial charge in [-0.1, -0.05) is 0 Å². The molecule has 0 aliphatic heterocycles. The van der Waals surface area contributed by atoms with E-state index in [4.69, 9.17) is 18.9 Å². The fourth-order valence-corrected chi connectivity index (χ4v) is 2.84. The number of carbonyl (C=O) groups excluding carboxylic acids is 2. The quantitative estimate of drug-likeness (QED) is 0.277. The van der Waals surface area contributed by atoms with Crippen molar-refractivity contribution >= 4 is 23.3 Å². The molecule has 2 aromatic carbocycles. The molecule has 2 aromatic rings. The van der Waals surface area contributed by atoms with E-state index in [1.54, 1.807) is 19.9 Å². The number of nitro benzene ring substituents is 1. The fourth-order valence-electron chi connectivity index (χ4n) is 2.84. The summed E-state index contributed by atoms with van der Waals surface area (Å²) in [6.07, 6.45) is 0. The summed E-state index contributed by atoms with van der Waals surface area (Å²) in [7, 11) is 4.11. The van der Waals surface area contributed by atoms with E-state index in [0.29, 0.717) is 11.3 Å². The van der Waals surface area contributed by atoms with Crippen molar-refractivity contribution in [3.8, 4) is 11.5 Å². The zero-order valence-electron chi connectivity index (χ0n) is 17.9. The number of hydrogen-bond donors (Lipinski definition) is 1. The summed E-state index contributed by atoms with van der Waals surface area (Å²) < 4.78 is 20.3. The summed E-state index contributed by atoms with van der Waals surface area (Å²) in [6, 6.07) is 5.48. The molecule has 1 amide bonds. The number of benzene rings is 2. The van der Waals surface area contributed by atoms with Crippen LogP contribution in [0.4, 0.5) is 11.4 Å². The Morgan fingerprint density at radius 1 is 1.00 bits per heavy atom. The molecule has 0 aromatic heterocycles. The van der Waals surface area contributed by atoms with Gasteiger partial charge in [-0.25, -0.2) is 4.79 Å². The van der Waals surface area contributed by atoms with Crippen LogP contribution in [0.5, 0.6) is 11.5 Å². The Morgan fingerprint density at radius 2 is 1.71 bits per heavy atom. The number of ether oxygens (including phenoxy) is 4. The minimum atomic E-state index is -0.743. The standard InChI is InChI=1S/C21H24N2O8/c1-12-8-14(9-15(13(12)2)21(25)30-5)22-20(24)16-10-18(29-4)19(31-7-6-28-3)11-17(16)23(26)27/h8-11H,6-7H2,1-5H3,(H,22,24). The van der Waals surface area contributed by atoms with Crippen molar-refractivity contribution in [2.24, 2.45) is 0 Å². The van der Waals surface area contributed by atoms with Gasteiger partial charge in [0.25, 0.3) is 11.6 Å². The van der Waals surface area contributed by atoms with Crippen LogP contribution in [0.15, 0.2) is 24.3 Å². The number of nitrogens with one attached hydrogen (secondary N) is 1. The number of esters is 1. The van der Waals surface area contributed by atoms with Crippen LogP contribution in [-0.2, 0) is 9.47 Å². The van der Waals surface area contributed by atoms with Gasteiger partial charge in [0.05, 0.1) is 37.4 Å². The lowest BCUT2D eigenvalue weighted by atomic mass is 10.0. The Bertz CT molecular complexity index is 1000. The van der Waals surface area contributed by atoms with Crippen LogP contribution in [0, 0.1) is 24.0 Å². The number of amides is 1. The summed E-state index contributed by atoms with van der Waals surface area (Å²) in [5.74, 6) is -1.03. The number of anilines is 1.